The number of primary amides is 1. The molecule has 9 nitrogen and oxygen atoms in total. The van der Waals surface area contributed by atoms with Crippen LogP contribution in [0.4, 0.5) is 5.69 Å². The molecule has 1 heterocycles. The fourth-order valence-electron chi connectivity index (χ4n) is 3.80. The van der Waals surface area contributed by atoms with Gasteiger partial charge in [0.1, 0.15) is 0 Å². The molecule has 1 saturated heterocycles. The van der Waals surface area contributed by atoms with Gasteiger partial charge in [-0.15, -0.1) is 0 Å². The molecule has 0 aliphatic carbocycles. The minimum Gasteiger partial charge on any atom is -0.493 e. The average Bonchev–Trinajstić information content (AvgIpc) is 2.86. The van der Waals surface area contributed by atoms with Gasteiger partial charge < -0.3 is 25.4 Å². The minimum atomic E-state index is -0.579. The molecule has 3 rings (SSSR count). The lowest BCUT2D eigenvalue weighted by Crippen LogP contribution is -2.50. The maximum absolute atomic E-state index is 12.6. The maximum Gasteiger partial charge on any atom is 0.255 e. The van der Waals surface area contributed by atoms with Crippen LogP contribution in [0.5, 0.6) is 11.5 Å². The van der Waals surface area contributed by atoms with Crippen molar-refractivity contribution >= 4 is 29.5 Å². The highest BCUT2D eigenvalue weighted by Gasteiger charge is 2.21. The van der Waals surface area contributed by atoms with E-state index in [4.69, 9.17) is 15.2 Å². The first-order chi connectivity index (χ1) is 16.9. The van der Waals surface area contributed by atoms with Crippen LogP contribution in [-0.2, 0) is 20.8 Å². The van der Waals surface area contributed by atoms with E-state index in [2.05, 4.69) is 12.2 Å². The van der Waals surface area contributed by atoms with Gasteiger partial charge in [-0.2, -0.15) is 0 Å². The lowest BCUT2D eigenvalue weighted by atomic mass is 10.1. The molecule has 0 aromatic heterocycles. The Morgan fingerprint density at radius 3 is 2.49 bits per heavy atom. The Labute approximate surface area is 205 Å². The minimum absolute atomic E-state index is 0.0530. The SMILES string of the molecule is CCc1ccccc1NC(=O)CN1CCN(C(=O)/C=C/c2ccc(OCC(N)=O)c(OC)c2)CC1. The van der Waals surface area contributed by atoms with Gasteiger partial charge in [-0.1, -0.05) is 31.2 Å². The number of methoxy groups -OCH3 is 1. The highest BCUT2D eigenvalue weighted by Crippen LogP contribution is 2.28. The summed E-state index contributed by atoms with van der Waals surface area (Å²) in [5.41, 5.74) is 7.82. The maximum atomic E-state index is 12.6. The first kappa shape index (κ1) is 25.8. The smallest absolute Gasteiger partial charge is 0.255 e. The summed E-state index contributed by atoms with van der Waals surface area (Å²) in [6, 6.07) is 12.9. The first-order valence-corrected chi connectivity index (χ1v) is 11.6. The molecule has 0 saturated carbocycles. The van der Waals surface area contributed by atoms with E-state index in [1.165, 1.54) is 13.2 Å². The molecule has 0 spiro atoms. The van der Waals surface area contributed by atoms with Gasteiger partial charge in [-0.25, -0.2) is 0 Å². The van der Waals surface area contributed by atoms with E-state index in [0.29, 0.717) is 44.2 Å². The van der Waals surface area contributed by atoms with Crippen molar-refractivity contribution in [2.45, 2.75) is 13.3 Å². The predicted octanol–water partition coefficient (Wildman–Crippen LogP) is 1.92. The molecule has 1 fully saturated rings. The van der Waals surface area contributed by atoms with Crippen molar-refractivity contribution in [3.63, 3.8) is 0 Å². The van der Waals surface area contributed by atoms with Gasteiger partial charge in [0.25, 0.3) is 5.91 Å². The summed E-state index contributed by atoms with van der Waals surface area (Å²) in [4.78, 5) is 39.9. The standard InChI is InChI=1S/C26H32N4O5/c1-3-20-6-4-5-7-21(20)28-25(32)17-29-12-14-30(15-13-29)26(33)11-9-19-8-10-22(23(16-19)34-2)35-18-24(27)31/h4-11,16H,3,12-15,17-18H2,1-2H3,(H2,27,31)(H,28,32)/b11-9+. The van der Waals surface area contributed by atoms with Crippen LogP contribution in [0.1, 0.15) is 18.1 Å². The number of anilines is 1. The third kappa shape index (κ3) is 7.58. The zero-order chi connectivity index (χ0) is 25.2. The Balaban J connectivity index is 1.48. The Morgan fingerprint density at radius 2 is 1.80 bits per heavy atom. The highest BCUT2D eigenvalue weighted by atomic mass is 16.5. The first-order valence-electron chi connectivity index (χ1n) is 11.6. The molecule has 2 aromatic carbocycles. The number of benzene rings is 2. The Bertz CT molecular complexity index is 1080. The number of amides is 3. The van der Waals surface area contributed by atoms with Gasteiger partial charge in [0.15, 0.2) is 18.1 Å². The summed E-state index contributed by atoms with van der Waals surface area (Å²) < 4.78 is 10.6. The molecule has 1 aliphatic heterocycles. The molecular formula is C26H32N4O5. The fourth-order valence-corrected chi connectivity index (χ4v) is 3.80. The van der Waals surface area contributed by atoms with E-state index in [0.717, 1.165) is 23.2 Å². The number of nitrogens with zero attached hydrogens (tertiary/aromatic N) is 2. The molecule has 0 atom stereocenters. The van der Waals surface area contributed by atoms with Crippen LogP contribution in [0.3, 0.4) is 0 Å². The molecule has 186 valence electrons. The number of nitrogens with two attached hydrogens (primary N) is 1. The zero-order valence-electron chi connectivity index (χ0n) is 20.2. The zero-order valence-corrected chi connectivity index (χ0v) is 20.2. The number of piperazine rings is 1. The van der Waals surface area contributed by atoms with E-state index in [9.17, 15) is 14.4 Å². The van der Waals surface area contributed by atoms with E-state index < -0.39 is 5.91 Å². The Morgan fingerprint density at radius 1 is 1.06 bits per heavy atom. The molecule has 35 heavy (non-hydrogen) atoms. The van der Waals surface area contributed by atoms with Crippen molar-refractivity contribution < 1.29 is 23.9 Å². The van der Waals surface area contributed by atoms with Crippen molar-refractivity contribution in [1.82, 2.24) is 9.80 Å². The number of para-hydroxylation sites is 1. The third-order valence-corrected chi connectivity index (χ3v) is 5.70. The van der Waals surface area contributed by atoms with Crippen LogP contribution in [-0.4, -0.2) is 74.0 Å². The molecular weight excluding hydrogens is 448 g/mol. The van der Waals surface area contributed by atoms with E-state index in [1.54, 1.807) is 29.2 Å². The van der Waals surface area contributed by atoms with Crippen LogP contribution in [0.2, 0.25) is 0 Å². The second kappa shape index (κ2) is 12.6. The van der Waals surface area contributed by atoms with Gasteiger partial charge >= 0.3 is 0 Å². The van der Waals surface area contributed by atoms with Gasteiger partial charge in [-0.3, -0.25) is 19.3 Å². The number of ether oxygens (including phenoxy) is 2. The molecule has 0 unspecified atom stereocenters. The van der Waals surface area contributed by atoms with Crippen LogP contribution >= 0.6 is 0 Å². The largest absolute Gasteiger partial charge is 0.493 e. The van der Waals surface area contributed by atoms with Crippen LogP contribution in [0, 0.1) is 0 Å². The normalized spacial score (nSPS) is 14.1. The number of carbonyl (C=O) groups is 3. The Kier molecular flexibility index (Phi) is 9.25. The molecule has 3 amide bonds. The van der Waals surface area contributed by atoms with Crippen LogP contribution in [0.25, 0.3) is 6.08 Å². The molecule has 3 N–H and O–H groups in total. The van der Waals surface area contributed by atoms with Gasteiger partial charge in [-0.05, 0) is 41.8 Å². The molecule has 9 heteroatoms. The second-order valence-electron chi connectivity index (χ2n) is 8.16. The summed E-state index contributed by atoms with van der Waals surface area (Å²) in [5, 5.41) is 2.99. The number of carbonyl (C=O) groups excluding carboxylic acids is 3. The van der Waals surface area contributed by atoms with E-state index in [1.807, 2.05) is 29.2 Å². The molecule has 2 aromatic rings. The summed E-state index contributed by atoms with van der Waals surface area (Å²) in [7, 11) is 1.49. The summed E-state index contributed by atoms with van der Waals surface area (Å²) >= 11 is 0. The summed E-state index contributed by atoms with van der Waals surface area (Å²) in [6.07, 6.45) is 4.07. The number of rotatable bonds is 10. The number of aryl methyl sites for hydroxylation is 1. The summed E-state index contributed by atoms with van der Waals surface area (Å²) in [5.74, 6) is 0.105. The highest BCUT2D eigenvalue weighted by molar-refractivity contribution is 5.93. The molecule has 0 bridgehead atoms. The van der Waals surface area contributed by atoms with Gasteiger partial charge in [0, 0.05) is 37.9 Å². The van der Waals surface area contributed by atoms with E-state index in [-0.39, 0.29) is 18.4 Å². The fraction of sp³-hybridized carbons (Fsp3) is 0.346. The number of hydrogen-bond acceptors (Lipinski definition) is 6. The quantitative estimate of drug-likeness (QED) is 0.502. The molecule has 0 radical (unpaired) electrons. The second-order valence-corrected chi connectivity index (χ2v) is 8.16. The van der Waals surface area contributed by atoms with Crippen molar-refractivity contribution in [2.75, 3.05) is 51.8 Å². The third-order valence-electron chi connectivity index (χ3n) is 5.70. The topological polar surface area (TPSA) is 114 Å². The van der Waals surface area contributed by atoms with Gasteiger partial charge in [0.2, 0.25) is 11.8 Å². The predicted molar refractivity (Wildman–Crippen MR) is 134 cm³/mol. The lowest BCUT2D eigenvalue weighted by molar-refractivity contribution is -0.128. The lowest BCUT2D eigenvalue weighted by Gasteiger charge is -2.33. The van der Waals surface area contributed by atoms with Crippen molar-refractivity contribution in [2.24, 2.45) is 5.73 Å². The number of nitrogens with one attached hydrogen (secondary N) is 1. The number of hydrogen-bond donors (Lipinski definition) is 2. The summed E-state index contributed by atoms with van der Waals surface area (Å²) in [6.45, 7) is 4.45. The van der Waals surface area contributed by atoms with Crippen molar-refractivity contribution in [3.8, 4) is 11.5 Å². The Hall–Kier alpha value is -3.85. The van der Waals surface area contributed by atoms with E-state index >= 15 is 0 Å². The molecule has 1 aliphatic rings. The van der Waals surface area contributed by atoms with Gasteiger partial charge in [0.05, 0.1) is 13.7 Å². The van der Waals surface area contributed by atoms with Crippen LogP contribution in [0.15, 0.2) is 48.5 Å². The van der Waals surface area contributed by atoms with Crippen molar-refractivity contribution in [3.05, 3.63) is 59.7 Å². The van der Waals surface area contributed by atoms with Crippen molar-refractivity contribution in [1.29, 1.82) is 0 Å². The van der Waals surface area contributed by atoms with Crippen LogP contribution < -0.4 is 20.5 Å². The average molecular weight is 481 g/mol. The monoisotopic (exact) mass is 480 g/mol.